The Morgan fingerprint density at radius 2 is 2.27 bits per heavy atom. The van der Waals surface area contributed by atoms with Gasteiger partial charge in [0.2, 0.25) is 0 Å². The number of rotatable bonds is 3. The van der Waals surface area contributed by atoms with E-state index in [4.69, 9.17) is 4.74 Å². The second-order valence-corrected chi connectivity index (χ2v) is 5.76. The summed E-state index contributed by atoms with van der Waals surface area (Å²) in [5.41, 5.74) is 5.52. The zero-order valence-electron chi connectivity index (χ0n) is 12.5. The van der Waals surface area contributed by atoms with Crippen molar-refractivity contribution in [1.82, 2.24) is 14.8 Å². The second-order valence-electron chi connectivity index (χ2n) is 5.76. The Bertz CT molecular complexity index is 739. The summed E-state index contributed by atoms with van der Waals surface area (Å²) in [7, 11) is 0. The van der Waals surface area contributed by atoms with Crippen LogP contribution in [0.15, 0.2) is 31.1 Å². The Labute approximate surface area is 130 Å². The number of pyridine rings is 1. The SMILES string of the molecule is C=Cc1nn(C2CCCCO2)cc1-c1ccnc2c1C=CC2. The van der Waals surface area contributed by atoms with Crippen LogP contribution in [0, 0.1) is 0 Å². The summed E-state index contributed by atoms with van der Waals surface area (Å²) in [6.45, 7) is 4.73. The lowest BCUT2D eigenvalue weighted by Gasteiger charge is -2.22. The van der Waals surface area contributed by atoms with Gasteiger partial charge < -0.3 is 4.74 Å². The van der Waals surface area contributed by atoms with Crippen molar-refractivity contribution in [3.63, 3.8) is 0 Å². The van der Waals surface area contributed by atoms with Gasteiger partial charge in [0.05, 0.1) is 11.4 Å². The molecule has 1 fully saturated rings. The van der Waals surface area contributed by atoms with E-state index in [1.54, 1.807) is 0 Å². The van der Waals surface area contributed by atoms with E-state index >= 15 is 0 Å². The minimum atomic E-state index is 0.0478. The predicted octanol–water partition coefficient (Wildman–Crippen LogP) is 3.86. The number of aromatic nitrogens is 3. The number of fused-ring (bicyclic) bond motifs is 1. The van der Waals surface area contributed by atoms with Crippen molar-refractivity contribution in [3.8, 4) is 11.1 Å². The van der Waals surface area contributed by atoms with Crippen LogP contribution in [0.25, 0.3) is 23.3 Å². The van der Waals surface area contributed by atoms with Gasteiger partial charge in [-0.2, -0.15) is 5.10 Å². The van der Waals surface area contributed by atoms with Crippen LogP contribution < -0.4 is 0 Å². The molecule has 0 amide bonds. The predicted molar refractivity (Wildman–Crippen MR) is 87.1 cm³/mol. The molecule has 0 bridgehead atoms. The first-order valence-corrected chi connectivity index (χ1v) is 7.85. The van der Waals surface area contributed by atoms with Gasteiger partial charge in [-0.05, 0) is 37.0 Å². The summed E-state index contributed by atoms with van der Waals surface area (Å²) in [6, 6.07) is 2.06. The van der Waals surface area contributed by atoms with E-state index in [1.807, 2.05) is 17.0 Å². The highest BCUT2D eigenvalue weighted by atomic mass is 16.5. The molecule has 22 heavy (non-hydrogen) atoms. The number of allylic oxidation sites excluding steroid dienone is 1. The van der Waals surface area contributed by atoms with E-state index in [2.05, 4.69) is 41.1 Å². The second kappa shape index (κ2) is 5.54. The molecule has 4 rings (SSSR count). The maximum Gasteiger partial charge on any atom is 0.150 e. The molecule has 2 aromatic rings. The smallest absolute Gasteiger partial charge is 0.150 e. The zero-order chi connectivity index (χ0) is 14.9. The fraction of sp³-hybridized carbons (Fsp3) is 0.333. The van der Waals surface area contributed by atoms with Crippen LogP contribution in [0.5, 0.6) is 0 Å². The van der Waals surface area contributed by atoms with Crippen molar-refractivity contribution < 1.29 is 4.74 Å². The lowest BCUT2D eigenvalue weighted by Crippen LogP contribution is -2.18. The largest absolute Gasteiger partial charge is 0.357 e. The monoisotopic (exact) mass is 293 g/mol. The van der Waals surface area contributed by atoms with Crippen molar-refractivity contribution in [2.45, 2.75) is 31.9 Å². The van der Waals surface area contributed by atoms with Crippen molar-refractivity contribution in [2.24, 2.45) is 0 Å². The van der Waals surface area contributed by atoms with E-state index in [9.17, 15) is 0 Å². The third-order valence-electron chi connectivity index (χ3n) is 4.36. The third-order valence-corrected chi connectivity index (χ3v) is 4.36. The summed E-state index contributed by atoms with van der Waals surface area (Å²) >= 11 is 0. The first-order valence-electron chi connectivity index (χ1n) is 7.85. The molecule has 0 radical (unpaired) electrons. The zero-order valence-corrected chi connectivity index (χ0v) is 12.5. The molecular formula is C18H19N3O. The van der Waals surface area contributed by atoms with E-state index in [0.717, 1.165) is 42.8 Å². The van der Waals surface area contributed by atoms with Crippen LogP contribution in [0.4, 0.5) is 0 Å². The van der Waals surface area contributed by atoms with Gasteiger partial charge in [0.1, 0.15) is 6.23 Å². The number of hydrogen-bond acceptors (Lipinski definition) is 3. The normalized spacial score (nSPS) is 20.1. The fourth-order valence-electron chi connectivity index (χ4n) is 3.23. The standard InChI is InChI=1S/C18H19N3O/c1-2-16-15(12-21(20-16)18-8-3-4-11-22-18)13-9-10-19-17-7-5-6-14(13)17/h2,5-6,9-10,12,18H,1,3-4,7-8,11H2. The molecule has 112 valence electrons. The van der Waals surface area contributed by atoms with Gasteiger partial charge in [-0.1, -0.05) is 18.7 Å². The molecule has 1 aliphatic heterocycles. The Balaban J connectivity index is 1.78. The van der Waals surface area contributed by atoms with Crippen molar-refractivity contribution in [2.75, 3.05) is 6.61 Å². The van der Waals surface area contributed by atoms with E-state index < -0.39 is 0 Å². The summed E-state index contributed by atoms with van der Waals surface area (Å²) in [6.07, 6.45) is 14.4. The quantitative estimate of drug-likeness (QED) is 0.862. The van der Waals surface area contributed by atoms with Gasteiger partial charge in [-0.15, -0.1) is 0 Å². The van der Waals surface area contributed by atoms with Crippen LogP contribution in [0.1, 0.15) is 42.4 Å². The number of hydrogen-bond donors (Lipinski definition) is 0. The maximum absolute atomic E-state index is 5.85. The van der Waals surface area contributed by atoms with Crippen LogP contribution in [0.3, 0.4) is 0 Å². The molecule has 1 atom stereocenters. The summed E-state index contributed by atoms with van der Waals surface area (Å²) in [5, 5.41) is 4.68. The molecule has 2 aromatic heterocycles. The third kappa shape index (κ3) is 2.20. The first kappa shape index (κ1) is 13.5. The minimum absolute atomic E-state index is 0.0478. The molecule has 4 nitrogen and oxygen atoms in total. The Morgan fingerprint density at radius 3 is 3.09 bits per heavy atom. The molecule has 1 aliphatic carbocycles. The van der Waals surface area contributed by atoms with E-state index in [0.29, 0.717) is 0 Å². The van der Waals surface area contributed by atoms with Crippen LogP contribution in [0.2, 0.25) is 0 Å². The highest BCUT2D eigenvalue weighted by molar-refractivity contribution is 5.82. The Hall–Kier alpha value is -2.20. The van der Waals surface area contributed by atoms with Gasteiger partial charge in [-0.3, -0.25) is 4.98 Å². The molecule has 0 saturated carbocycles. The topological polar surface area (TPSA) is 39.9 Å². The lowest BCUT2D eigenvalue weighted by atomic mass is 10.0. The highest BCUT2D eigenvalue weighted by Gasteiger charge is 2.21. The average molecular weight is 293 g/mol. The van der Waals surface area contributed by atoms with E-state index in [-0.39, 0.29) is 6.23 Å². The summed E-state index contributed by atoms with van der Waals surface area (Å²) < 4.78 is 7.80. The summed E-state index contributed by atoms with van der Waals surface area (Å²) in [5.74, 6) is 0. The molecule has 2 aliphatic rings. The molecule has 0 spiro atoms. The number of ether oxygens (including phenoxy) is 1. The van der Waals surface area contributed by atoms with Gasteiger partial charge in [0, 0.05) is 36.5 Å². The Morgan fingerprint density at radius 1 is 1.32 bits per heavy atom. The fourth-order valence-corrected chi connectivity index (χ4v) is 3.23. The molecule has 3 heterocycles. The minimum Gasteiger partial charge on any atom is -0.357 e. The first-order chi connectivity index (χ1) is 10.9. The lowest BCUT2D eigenvalue weighted by molar-refractivity contribution is -0.0395. The van der Waals surface area contributed by atoms with Gasteiger partial charge >= 0.3 is 0 Å². The van der Waals surface area contributed by atoms with Gasteiger partial charge in [-0.25, -0.2) is 4.68 Å². The molecule has 1 saturated heterocycles. The summed E-state index contributed by atoms with van der Waals surface area (Å²) in [4.78, 5) is 4.46. The maximum atomic E-state index is 5.85. The molecule has 0 N–H and O–H groups in total. The van der Waals surface area contributed by atoms with Crippen molar-refractivity contribution in [1.29, 1.82) is 0 Å². The molecule has 1 unspecified atom stereocenters. The molecule has 4 heteroatoms. The highest BCUT2D eigenvalue weighted by Crippen LogP contribution is 2.33. The van der Waals surface area contributed by atoms with Crippen LogP contribution in [-0.2, 0) is 11.2 Å². The molecule has 0 aromatic carbocycles. The van der Waals surface area contributed by atoms with Crippen molar-refractivity contribution in [3.05, 3.63) is 48.1 Å². The van der Waals surface area contributed by atoms with Crippen molar-refractivity contribution >= 4 is 12.2 Å². The van der Waals surface area contributed by atoms with Gasteiger partial charge in [0.15, 0.2) is 0 Å². The van der Waals surface area contributed by atoms with E-state index in [1.165, 1.54) is 17.5 Å². The Kier molecular flexibility index (Phi) is 3.39. The van der Waals surface area contributed by atoms with Crippen LogP contribution >= 0.6 is 0 Å². The van der Waals surface area contributed by atoms with Crippen LogP contribution in [-0.4, -0.2) is 21.4 Å². The molecular weight excluding hydrogens is 274 g/mol. The average Bonchev–Trinajstić information content (AvgIpc) is 3.22. The number of nitrogens with zero attached hydrogens (tertiary/aromatic N) is 3. The van der Waals surface area contributed by atoms with Gasteiger partial charge in [0.25, 0.3) is 0 Å².